The van der Waals surface area contributed by atoms with E-state index >= 15 is 0 Å². The zero-order chi connectivity index (χ0) is 17.6. The molecule has 0 atom stereocenters. The van der Waals surface area contributed by atoms with E-state index in [0.717, 1.165) is 41.0 Å². The lowest BCUT2D eigenvalue weighted by atomic mass is 9.94. The van der Waals surface area contributed by atoms with Gasteiger partial charge in [0.15, 0.2) is 5.69 Å². The molecule has 0 spiro atoms. The summed E-state index contributed by atoms with van der Waals surface area (Å²) in [5.74, 6) is -1.01. The van der Waals surface area contributed by atoms with E-state index in [1.54, 1.807) is 6.20 Å². The number of hydrogen-bond acceptors (Lipinski definition) is 4. The average Bonchev–Trinajstić information content (AvgIpc) is 3.19. The van der Waals surface area contributed by atoms with Crippen molar-refractivity contribution in [3.05, 3.63) is 53.0 Å². The van der Waals surface area contributed by atoms with Gasteiger partial charge in [0.25, 0.3) is 0 Å². The Kier molecular flexibility index (Phi) is 3.56. The van der Waals surface area contributed by atoms with Crippen LogP contribution in [0.3, 0.4) is 0 Å². The van der Waals surface area contributed by atoms with Crippen LogP contribution in [-0.2, 0) is 19.4 Å². The molecule has 2 heterocycles. The Morgan fingerprint density at radius 2 is 2.04 bits per heavy atom. The Hall–Kier alpha value is -3.09. The number of aromatic amines is 1. The molecule has 0 aliphatic heterocycles. The van der Waals surface area contributed by atoms with Gasteiger partial charge >= 0.3 is 5.97 Å². The SMILES string of the molecule is CN(C)c1ccc(Cn2nc(C(=O)O)c3c2CCc2cn[nH]c2-3)cc1. The normalized spacial score (nSPS) is 12.6. The maximum Gasteiger partial charge on any atom is 0.357 e. The minimum absolute atomic E-state index is 0.0881. The van der Waals surface area contributed by atoms with Gasteiger partial charge in [0.2, 0.25) is 0 Å². The highest BCUT2D eigenvalue weighted by atomic mass is 16.4. The first kappa shape index (κ1) is 15.4. The van der Waals surface area contributed by atoms with Gasteiger partial charge < -0.3 is 10.0 Å². The molecule has 7 nitrogen and oxygen atoms in total. The van der Waals surface area contributed by atoms with Crippen molar-refractivity contribution in [2.45, 2.75) is 19.4 Å². The van der Waals surface area contributed by atoms with Crippen LogP contribution < -0.4 is 4.90 Å². The monoisotopic (exact) mass is 337 g/mol. The third-order valence-corrected chi connectivity index (χ3v) is 4.64. The topological polar surface area (TPSA) is 87.0 Å². The summed E-state index contributed by atoms with van der Waals surface area (Å²) in [6.07, 6.45) is 3.36. The fraction of sp³-hybridized carbons (Fsp3) is 0.278. The smallest absolute Gasteiger partial charge is 0.357 e. The van der Waals surface area contributed by atoms with Crippen molar-refractivity contribution in [1.29, 1.82) is 0 Å². The van der Waals surface area contributed by atoms with Gasteiger partial charge in [-0.2, -0.15) is 10.2 Å². The van der Waals surface area contributed by atoms with Crippen molar-refractivity contribution < 1.29 is 9.90 Å². The van der Waals surface area contributed by atoms with E-state index in [1.165, 1.54) is 0 Å². The molecule has 0 saturated carbocycles. The van der Waals surface area contributed by atoms with E-state index in [2.05, 4.69) is 27.4 Å². The second kappa shape index (κ2) is 5.77. The molecule has 2 aromatic heterocycles. The highest BCUT2D eigenvalue weighted by molar-refractivity contribution is 5.95. The largest absolute Gasteiger partial charge is 0.476 e. The number of nitrogens with one attached hydrogen (secondary N) is 1. The molecule has 7 heteroatoms. The second-order valence-corrected chi connectivity index (χ2v) is 6.46. The molecule has 128 valence electrons. The van der Waals surface area contributed by atoms with Gasteiger partial charge in [0.1, 0.15) is 0 Å². The van der Waals surface area contributed by atoms with Gasteiger partial charge in [0.05, 0.1) is 24.0 Å². The van der Waals surface area contributed by atoms with Crippen molar-refractivity contribution in [2.24, 2.45) is 0 Å². The van der Waals surface area contributed by atoms with E-state index < -0.39 is 5.97 Å². The third kappa shape index (κ3) is 2.57. The summed E-state index contributed by atoms with van der Waals surface area (Å²) < 4.78 is 1.81. The van der Waals surface area contributed by atoms with E-state index in [9.17, 15) is 9.90 Å². The van der Waals surface area contributed by atoms with Gasteiger partial charge in [-0.25, -0.2) is 4.79 Å². The molecule has 0 amide bonds. The molecule has 2 N–H and O–H groups in total. The van der Waals surface area contributed by atoms with Crippen molar-refractivity contribution in [1.82, 2.24) is 20.0 Å². The summed E-state index contributed by atoms with van der Waals surface area (Å²) in [5.41, 5.74) is 5.76. The van der Waals surface area contributed by atoms with Gasteiger partial charge in [-0.05, 0) is 36.1 Å². The lowest BCUT2D eigenvalue weighted by molar-refractivity contribution is 0.0690. The van der Waals surface area contributed by atoms with Crippen molar-refractivity contribution in [2.75, 3.05) is 19.0 Å². The van der Waals surface area contributed by atoms with Crippen LogP contribution >= 0.6 is 0 Å². The summed E-state index contributed by atoms with van der Waals surface area (Å²) in [7, 11) is 4.00. The van der Waals surface area contributed by atoms with Gasteiger partial charge in [0, 0.05) is 25.5 Å². The predicted molar refractivity (Wildman–Crippen MR) is 94.0 cm³/mol. The first-order valence-corrected chi connectivity index (χ1v) is 8.16. The van der Waals surface area contributed by atoms with Gasteiger partial charge in [-0.15, -0.1) is 0 Å². The number of H-pyrrole nitrogens is 1. The summed E-state index contributed by atoms with van der Waals surface area (Å²) >= 11 is 0. The maximum atomic E-state index is 11.7. The minimum atomic E-state index is -1.01. The number of aromatic carboxylic acids is 1. The third-order valence-electron chi connectivity index (χ3n) is 4.64. The number of fused-ring (bicyclic) bond motifs is 3. The lowest BCUT2D eigenvalue weighted by Crippen LogP contribution is -2.11. The van der Waals surface area contributed by atoms with Gasteiger partial charge in [-0.1, -0.05) is 12.1 Å². The molecular formula is C18H19N5O2. The number of benzene rings is 1. The Labute approximate surface area is 144 Å². The average molecular weight is 337 g/mol. The van der Waals surface area contributed by atoms with Crippen LogP contribution in [-0.4, -0.2) is 45.1 Å². The molecule has 0 radical (unpaired) electrons. The number of hydrogen-bond donors (Lipinski definition) is 2. The number of carboxylic acids is 1. The Morgan fingerprint density at radius 1 is 1.28 bits per heavy atom. The van der Waals surface area contributed by atoms with E-state index in [-0.39, 0.29) is 5.69 Å². The van der Waals surface area contributed by atoms with E-state index in [4.69, 9.17) is 0 Å². The Balaban J connectivity index is 1.74. The number of aryl methyl sites for hydroxylation is 1. The maximum absolute atomic E-state index is 11.7. The predicted octanol–water partition coefficient (Wildman–Crippen LogP) is 2.18. The summed E-state index contributed by atoms with van der Waals surface area (Å²) in [6, 6.07) is 8.20. The molecule has 1 aromatic carbocycles. The molecule has 1 aliphatic carbocycles. The zero-order valence-corrected chi connectivity index (χ0v) is 14.2. The molecule has 0 bridgehead atoms. The number of rotatable bonds is 4. The molecule has 25 heavy (non-hydrogen) atoms. The van der Waals surface area contributed by atoms with Crippen LogP contribution in [0.25, 0.3) is 11.3 Å². The van der Waals surface area contributed by atoms with Crippen LogP contribution in [0, 0.1) is 0 Å². The molecule has 4 rings (SSSR count). The quantitative estimate of drug-likeness (QED) is 0.762. The van der Waals surface area contributed by atoms with Crippen molar-refractivity contribution in [3.8, 4) is 11.3 Å². The Morgan fingerprint density at radius 3 is 2.72 bits per heavy atom. The molecule has 3 aromatic rings. The molecule has 0 unspecified atom stereocenters. The summed E-state index contributed by atoms with van der Waals surface area (Å²) in [4.78, 5) is 13.7. The number of anilines is 1. The molecule has 0 saturated heterocycles. The fourth-order valence-electron chi connectivity index (χ4n) is 3.34. The first-order chi connectivity index (χ1) is 12.0. The molecular weight excluding hydrogens is 318 g/mol. The molecule has 1 aliphatic rings. The number of nitrogens with zero attached hydrogens (tertiary/aromatic N) is 4. The number of carboxylic acid groups (broad SMARTS) is 1. The van der Waals surface area contributed by atoms with Crippen molar-refractivity contribution in [3.63, 3.8) is 0 Å². The highest BCUT2D eigenvalue weighted by Gasteiger charge is 2.29. The highest BCUT2D eigenvalue weighted by Crippen LogP contribution is 2.34. The van der Waals surface area contributed by atoms with Crippen LogP contribution in [0.15, 0.2) is 30.5 Å². The van der Waals surface area contributed by atoms with E-state index in [0.29, 0.717) is 12.1 Å². The van der Waals surface area contributed by atoms with Crippen LogP contribution in [0.5, 0.6) is 0 Å². The second-order valence-electron chi connectivity index (χ2n) is 6.46. The number of aromatic nitrogens is 4. The van der Waals surface area contributed by atoms with Crippen LogP contribution in [0.2, 0.25) is 0 Å². The molecule has 0 fully saturated rings. The van der Waals surface area contributed by atoms with Crippen LogP contribution in [0.4, 0.5) is 5.69 Å². The van der Waals surface area contributed by atoms with E-state index in [1.807, 2.05) is 35.8 Å². The van der Waals surface area contributed by atoms with Crippen LogP contribution in [0.1, 0.15) is 27.3 Å². The summed E-state index contributed by atoms with van der Waals surface area (Å²) in [6.45, 7) is 0.548. The lowest BCUT2D eigenvalue weighted by Gasteiger charge is -2.15. The first-order valence-electron chi connectivity index (χ1n) is 8.16. The standard InChI is InChI=1S/C18H19N5O2/c1-22(2)13-6-3-11(4-7-13)10-23-14-8-5-12-9-19-20-16(12)15(14)17(21-23)18(24)25/h3-4,6-7,9H,5,8,10H2,1-2H3,(H,19,20)(H,24,25). The Bertz CT molecular complexity index is 937. The van der Waals surface area contributed by atoms with Crippen molar-refractivity contribution >= 4 is 11.7 Å². The van der Waals surface area contributed by atoms with Gasteiger partial charge in [-0.3, -0.25) is 9.78 Å². The number of carbonyl (C=O) groups is 1. The fourth-order valence-corrected chi connectivity index (χ4v) is 3.34. The zero-order valence-electron chi connectivity index (χ0n) is 14.2. The minimum Gasteiger partial charge on any atom is -0.476 e. The summed E-state index contributed by atoms with van der Waals surface area (Å²) in [5, 5.41) is 20.9.